The van der Waals surface area contributed by atoms with Gasteiger partial charge >= 0.3 is 0 Å². The topological polar surface area (TPSA) is 3.24 Å². The van der Waals surface area contributed by atoms with Crippen LogP contribution in [0.2, 0.25) is 0 Å². The van der Waals surface area contributed by atoms with Crippen LogP contribution in [0.3, 0.4) is 0 Å². The van der Waals surface area contributed by atoms with Crippen molar-refractivity contribution in [1.82, 2.24) is 4.90 Å². The smallest absolute Gasteiger partial charge is 0.0233 e. The number of hydrogen-bond donors (Lipinski definition) is 0. The summed E-state index contributed by atoms with van der Waals surface area (Å²) in [5.41, 5.74) is 1.44. The molecular weight excluding hydrogens is 206 g/mol. The second-order valence-corrected chi connectivity index (χ2v) is 4.82. The summed E-state index contributed by atoms with van der Waals surface area (Å²) in [5.74, 6) is 0. The van der Waals surface area contributed by atoms with Gasteiger partial charge in [-0.3, -0.25) is 4.90 Å². The zero-order chi connectivity index (χ0) is 12.3. The predicted molar refractivity (Wildman–Crippen MR) is 76.2 cm³/mol. The maximum atomic E-state index is 2.59. The van der Waals surface area contributed by atoms with Gasteiger partial charge in [0.25, 0.3) is 0 Å². The highest BCUT2D eigenvalue weighted by molar-refractivity contribution is 5.14. The zero-order valence-corrected chi connectivity index (χ0v) is 11.5. The summed E-state index contributed by atoms with van der Waals surface area (Å²) >= 11 is 0. The third-order valence-corrected chi connectivity index (χ3v) is 3.12. The van der Waals surface area contributed by atoms with E-state index in [9.17, 15) is 0 Å². The molecule has 0 aliphatic heterocycles. The van der Waals surface area contributed by atoms with Crippen LogP contribution < -0.4 is 0 Å². The third kappa shape index (κ3) is 6.48. The molecular formula is C16H27N. The fourth-order valence-electron chi connectivity index (χ4n) is 2.19. The van der Waals surface area contributed by atoms with Crippen molar-refractivity contribution in [3.05, 3.63) is 35.9 Å². The van der Waals surface area contributed by atoms with Crippen molar-refractivity contribution in [3.63, 3.8) is 0 Å². The first kappa shape index (κ1) is 14.2. The van der Waals surface area contributed by atoms with Crippen LogP contribution in [0.1, 0.15) is 51.5 Å². The Labute approximate surface area is 107 Å². The van der Waals surface area contributed by atoms with Gasteiger partial charge in [0, 0.05) is 6.54 Å². The van der Waals surface area contributed by atoms with E-state index in [1.165, 1.54) is 50.8 Å². The van der Waals surface area contributed by atoms with Crippen LogP contribution in [0.25, 0.3) is 0 Å². The Balaban J connectivity index is 2.32. The Bertz CT molecular complexity index is 268. The Morgan fingerprint density at radius 3 is 2.24 bits per heavy atom. The van der Waals surface area contributed by atoms with Crippen LogP contribution in [0.15, 0.2) is 30.3 Å². The largest absolute Gasteiger partial charge is 0.299 e. The SMILES string of the molecule is CCCCCCN(CCC)Cc1ccccc1. The van der Waals surface area contributed by atoms with Gasteiger partial charge in [-0.05, 0) is 31.5 Å². The van der Waals surface area contributed by atoms with Gasteiger partial charge in [-0.2, -0.15) is 0 Å². The fraction of sp³-hybridized carbons (Fsp3) is 0.625. The lowest BCUT2D eigenvalue weighted by molar-refractivity contribution is 0.259. The minimum Gasteiger partial charge on any atom is -0.299 e. The molecule has 1 aromatic carbocycles. The number of hydrogen-bond acceptors (Lipinski definition) is 1. The van der Waals surface area contributed by atoms with Crippen molar-refractivity contribution in [3.8, 4) is 0 Å². The summed E-state index contributed by atoms with van der Waals surface area (Å²) in [7, 11) is 0. The molecule has 0 heterocycles. The van der Waals surface area contributed by atoms with Gasteiger partial charge in [-0.15, -0.1) is 0 Å². The third-order valence-electron chi connectivity index (χ3n) is 3.12. The molecule has 1 rings (SSSR count). The quantitative estimate of drug-likeness (QED) is 0.568. The minimum absolute atomic E-state index is 1.11. The van der Waals surface area contributed by atoms with E-state index in [-0.39, 0.29) is 0 Å². The Morgan fingerprint density at radius 2 is 1.59 bits per heavy atom. The van der Waals surface area contributed by atoms with Crippen molar-refractivity contribution >= 4 is 0 Å². The van der Waals surface area contributed by atoms with E-state index in [0.29, 0.717) is 0 Å². The molecule has 0 saturated heterocycles. The van der Waals surface area contributed by atoms with Gasteiger partial charge in [-0.1, -0.05) is 63.4 Å². The number of unbranched alkanes of at least 4 members (excludes halogenated alkanes) is 3. The Kier molecular flexibility index (Phi) is 7.74. The van der Waals surface area contributed by atoms with Gasteiger partial charge in [-0.25, -0.2) is 0 Å². The standard InChI is InChI=1S/C16H27N/c1-3-5-6-10-14-17(13-4-2)15-16-11-8-7-9-12-16/h7-9,11-12H,3-6,10,13-15H2,1-2H3. The molecule has 0 N–H and O–H groups in total. The molecule has 0 saturated carbocycles. The summed E-state index contributed by atoms with van der Waals surface area (Å²) in [6.07, 6.45) is 6.69. The van der Waals surface area contributed by atoms with Crippen LogP contribution in [0.5, 0.6) is 0 Å². The summed E-state index contributed by atoms with van der Waals surface area (Å²) in [4.78, 5) is 2.59. The lowest BCUT2D eigenvalue weighted by Crippen LogP contribution is -2.25. The van der Waals surface area contributed by atoms with Gasteiger partial charge in [0.05, 0.1) is 0 Å². The molecule has 0 aliphatic carbocycles. The zero-order valence-electron chi connectivity index (χ0n) is 11.5. The van der Waals surface area contributed by atoms with Crippen LogP contribution in [0.4, 0.5) is 0 Å². The van der Waals surface area contributed by atoms with Crippen LogP contribution >= 0.6 is 0 Å². The highest BCUT2D eigenvalue weighted by atomic mass is 15.1. The Morgan fingerprint density at radius 1 is 0.824 bits per heavy atom. The first-order chi connectivity index (χ1) is 8.36. The second-order valence-electron chi connectivity index (χ2n) is 4.82. The van der Waals surface area contributed by atoms with Gasteiger partial charge < -0.3 is 0 Å². The molecule has 0 fully saturated rings. The summed E-state index contributed by atoms with van der Waals surface area (Å²) in [5, 5.41) is 0. The molecule has 0 aliphatic rings. The van der Waals surface area contributed by atoms with E-state index < -0.39 is 0 Å². The average Bonchev–Trinajstić information content (AvgIpc) is 2.36. The Hall–Kier alpha value is -0.820. The lowest BCUT2D eigenvalue weighted by atomic mass is 10.1. The van der Waals surface area contributed by atoms with Crippen molar-refractivity contribution in [2.45, 2.75) is 52.5 Å². The van der Waals surface area contributed by atoms with Crippen LogP contribution in [-0.4, -0.2) is 18.0 Å². The molecule has 1 aromatic rings. The molecule has 0 radical (unpaired) electrons. The fourth-order valence-corrected chi connectivity index (χ4v) is 2.19. The molecule has 1 nitrogen and oxygen atoms in total. The summed E-state index contributed by atoms with van der Waals surface area (Å²) in [6, 6.07) is 10.8. The highest BCUT2D eigenvalue weighted by Crippen LogP contribution is 2.08. The molecule has 0 aromatic heterocycles. The van der Waals surface area contributed by atoms with Crippen LogP contribution in [0, 0.1) is 0 Å². The number of benzene rings is 1. The maximum absolute atomic E-state index is 2.59. The number of nitrogens with zero attached hydrogens (tertiary/aromatic N) is 1. The summed E-state index contributed by atoms with van der Waals surface area (Å²) in [6.45, 7) is 8.13. The monoisotopic (exact) mass is 233 g/mol. The van der Waals surface area contributed by atoms with E-state index in [4.69, 9.17) is 0 Å². The van der Waals surface area contributed by atoms with E-state index >= 15 is 0 Å². The van der Waals surface area contributed by atoms with E-state index in [1.807, 2.05) is 0 Å². The van der Waals surface area contributed by atoms with Crippen molar-refractivity contribution in [1.29, 1.82) is 0 Å². The second kappa shape index (κ2) is 9.23. The molecule has 0 unspecified atom stereocenters. The van der Waals surface area contributed by atoms with E-state index in [1.54, 1.807) is 0 Å². The predicted octanol–water partition coefficient (Wildman–Crippen LogP) is 4.48. The lowest BCUT2D eigenvalue weighted by Gasteiger charge is -2.21. The molecule has 0 atom stereocenters. The molecule has 0 amide bonds. The van der Waals surface area contributed by atoms with E-state index in [0.717, 1.165) is 6.54 Å². The molecule has 96 valence electrons. The van der Waals surface area contributed by atoms with Crippen molar-refractivity contribution < 1.29 is 0 Å². The maximum Gasteiger partial charge on any atom is 0.0233 e. The molecule has 0 bridgehead atoms. The van der Waals surface area contributed by atoms with E-state index in [2.05, 4.69) is 49.1 Å². The first-order valence-electron chi connectivity index (χ1n) is 7.13. The minimum atomic E-state index is 1.11. The average molecular weight is 233 g/mol. The van der Waals surface area contributed by atoms with Gasteiger partial charge in [0.1, 0.15) is 0 Å². The first-order valence-corrected chi connectivity index (χ1v) is 7.13. The molecule has 17 heavy (non-hydrogen) atoms. The highest BCUT2D eigenvalue weighted by Gasteiger charge is 2.04. The summed E-state index contributed by atoms with van der Waals surface area (Å²) < 4.78 is 0. The van der Waals surface area contributed by atoms with Gasteiger partial charge in [0.2, 0.25) is 0 Å². The van der Waals surface area contributed by atoms with Crippen molar-refractivity contribution in [2.24, 2.45) is 0 Å². The number of rotatable bonds is 9. The normalized spacial score (nSPS) is 11.0. The van der Waals surface area contributed by atoms with Gasteiger partial charge in [0.15, 0.2) is 0 Å². The van der Waals surface area contributed by atoms with Crippen LogP contribution in [-0.2, 0) is 6.54 Å². The van der Waals surface area contributed by atoms with Crippen molar-refractivity contribution in [2.75, 3.05) is 13.1 Å². The molecule has 1 heteroatoms. The molecule has 0 spiro atoms.